The first-order chi connectivity index (χ1) is 8.13. The smallest absolute Gasteiger partial charge is 0.324 e. The zero-order valence-electron chi connectivity index (χ0n) is 9.31. The van der Waals surface area contributed by atoms with Gasteiger partial charge in [-0.25, -0.2) is 10.9 Å². The van der Waals surface area contributed by atoms with Crippen molar-refractivity contribution in [3.8, 4) is 0 Å². The van der Waals surface area contributed by atoms with Crippen LogP contribution in [-0.2, 0) is 9.53 Å². The monoisotopic (exact) mass is 255 g/mol. The minimum absolute atomic E-state index is 0.181. The van der Waals surface area contributed by atoms with E-state index < -0.39 is 6.04 Å². The number of hydrogen-bond donors (Lipinski definition) is 3. The maximum atomic E-state index is 11.6. The summed E-state index contributed by atoms with van der Waals surface area (Å²) in [4.78, 5) is 11.6. The maximum absolute atomic E-state index is 11.6. The normalized spacial score (nSPS) is 28.1. The first kappa shape index (κ1) is 12.3. The lowest BCUT2D eigenvalue weighted by Crippen LogP contribution is -2.39. The zero-order chi connectivity index (χ0) is 12.4. The van der Waals surface area contributed by atoms with Crippen LogP contribution in [0, 0.1) is 0 Å². The molecule has 0 saturated carbocycles. The number of nitrogens with one attached hydrogen (secondary N) is 2. The van der Waals surface area contributed by atoms with Crippen LogP contribution in [0.1, 0.15) is 11.5 Å². The summed E-state index contributed by atoms with van der Waals surface area (Å²) in [6.45, 7) is 0. The lowest BCUT2D eigenvalue weighted by molar-refractivity contribution is -0.143. The van der Waals surface area contributed by atoms with Gasteiger partial charge < -0.3 is 10.5 Å². The van der Waals surface area contributed by atoms with E-state index in [2.05, 4.69) is 10.9 Å². The molecule has 17 heavy (non-hydrogen) atoms. The van der Waals surface area contributed by atoms with Gasteiger partial charge in [-0.05, 0) is 17.7 Å². The van der Waals surface area contributed by atoms with Gasteiger partial charge in [0, 0.05) is 10.9 Å². The van der Waals surface area contributed by atoms with Crippen molar-refractivity contribution in [3.05, 3.63) is 34.9 Å². The number of hydrogen-bond acceptors (Lipinski definition) is 5. The van der Waals surface area contributed by atoms with Crippen LogP contribution in [0.2, 0.25) is 5.02 Å². The predicted octanol–water partition coefficient (Wildman–Crippen LogP) is 0.358. The summed E-state index contributed by atoms with van der Waals surface area (Å²) in [5.74, 6) is -0.523. The van der Waals surface area contributed by atoms with E-state index in [9.17, 15) is 4.79 Å². The van der Waals surface area contributed by atoms with Crippen LogP contribution in [0.25, 0.3) is 0 Å². The number of carbonyl (C=O) groups excluding carboxylic acids is 1. The van der Waals surface area contributed by atoms with Gasteiger partial charge in [-0.2, -0.15) is 0 Å². The average molecular weight is 256 g/mol. The van der Waals surface area contributed by atoms with Crippen LogP contribution in [0.15, 0.2) is 24.3 Å². The second kappa shape index (κ2) is 5.01. The number of halogens is 1. The summed E-state index contributed by atoms with van der Waals surface area (Å²) < 4.78 is 4.73. The van der Waals surface area contributed by atoms with E-state index in [1.165, 1.54) is 7.11 Å². The lowest BCUT2D eigenvalue weighted by atomic mass is 9.91. The Kier molecular flexibility index (Phi) is 3.63. The van der Waals surface area contributed by atoms with Gasteiger partial charge in [0.25, 0.3) is 0 Å². The van der Waals surface area contributed by atoms with Crippen molar-refractivity contribution in [2.24, 2.45) is 5.73 Å². The Hall–Kier alpha value is -1.14. The van der Waals surface area contributed by atoms with E-state index in [-0.39, 0.29) is 18.1 Å². The fraction of sp³-hybridized carbons (Fsp3) is 0.364. The highest BCUT2D eigenvalue weighted by Gasteiger charge is 2.39. The molecule has 1 aliphatic rings. The molecule has 6 heteroatoms. The standard InChI is InChI=1S/C11H14ClN3O2/c1-17-11(16)9-8(10(13)15-14-9)6-2-4-7(12)5-3-6/h2-5,8-10,14-15H,13H2,1H3. The van der Waals surface area contributed by atoms with Gasteiger partial charge in [0.05, 0.1) is 13.3 Å². The van der Waals surface area contributed by atoms with Crippen LogP contribution < -0.4 is 16.6 Å². The highest BCUT2D eigenvalue weighted by Crippen LogP contribution is 2.26. The van der Waals surface area contributed by atoms with Crippen LogP contribution in [0.4, 0.5) is 0 Å². The molecular formula is C11H14ClN3O2. The van der Waals surface area contributed by atoms with Gasteiger partial charge in [0.15, 0.2) is 0 Å². The molecule has 2 rings (SSSR count). The number of hydrazine groups is 1. The van der Waals surface area contributed by atoms with Crippen molar-refractivity contribution in [2.45, 2.75) is 18.1 Å². The molecule has 0 aromatic heterocycles. The van der Waals surface area contributed by atoms with E-state index in [1.54, 1.807) is 12.1 Å². The summed E-state index contributed by atoms with van der Waals surface area (Å²) in [6.07, 6.45) is -0.347. The quantitative estimate of drug-likeness (QED) is 0.665. The molecule has 3 atom stereocenters. The number of carbonyl (C=O) groups is 1. The molecular weight excluding hydrogens is 242 g/mol. The van der Waals surface area contributed by atoms with Crippen molar-refractivity contribution in [1.29, 1.82) is 0 Å². The van der Waals surface area contributed by atoms with Crippen LogP contribution in [0.3, 0.4) is 0 Å². The van der Waals surface area contributed by atoms with Crippen molar-refractivity contribution >= 4 is 17.6 Å². The Morgan fingerprint density at radius 3 is 2.59 bits per heavy atom. The summed E-state index contributed by atoms with van der Waals surface area (Å²) in [6, 6.07) is 6.78. The van der Waals surface area contributed by atoms with Crippen molar-refractivity contribution in [2.75, 3.05) is 7.11 Å². The second-order valence-electron chi connectivity index (χ2n) is 3.89. The van der Waals surface area contributed by atoms with Crippen LogP contribution >= 0.6 is 11.6 Å². The molecule has 4 N–H and O–H groups in total. The number of ether oxygens (including phenoxy) is 1. The molecule has 1 saturated heterocycles. The molecule has 1 heterocycles. The topological polar surface area (TPSA) is 76.4 Å². The lowest BCUT2D eigenvalue weighted by Gasteiger charge is -2.19. The molecule has 0 radical (unpaired) electrons. The summed E-state index contributed by atoms with van der Waals surface area (Å²) in [5, 5.41) is 0.649. The first-order valence-corrected chi connectivity index (χ1v) is 5.61. The Morgan fingerprint density at radius 1 is 1.35 bits per heavy atom. The van der Waals surface area contributed by atoms with Gasteiger partial charge in [0.1, 0.15) is 6.04 Å². The van der Waals surface area contributed by atoms with E-state index in [1.807, 2.05) is 12.1 Å². The summed E-state index contributed by atoms with van der Waals surface area (Å²) in [7, 11) is 1.35. The largest absolute Gasteiger partial charge is 0.468 e. The fourth-order valence-electron chi connectivity index (χ4n) is 1.99. The molecule has 0 spiro atoms. The zero-order valence-corrected chi connectivity index (χ0v) is 10.1. The Bertz CT molecular complexity index is 410. The van der Waals surface area contributed by atoms with Gasteiger partial charge in [-0.15, -0.1) is 0 Å². The van der Waals surface area contributed by atoms with E-state index in [0.29, 0.717) is 5.02 Å². The van der Waals surface area contributed by atoms with E-state index in [0.717, 1.165) is 5.56 Å². The molecule has 1 aromatic rings. The van der Waals surface area contributed by atoms with Crippen LogP contribution in [-0.4, -0.2) is 25.3 Å². The SMILES string of the molecule is COC(=O)C1NNC(N)C1c1ccc(Cl)cc1. The van der Waals surface area contributed by atoms with Gasteiger partial charge in [0.2, 0.25) is 0 Å². The number of esters is 1. The maximum Gasteiger partial charge on any atom is 0.324 e. The third kappa shape index (κ3) is 2.42. The molecule has 0 bridgehead atoms. The van der Waals surface area contributed by atoms with Crippen molar-refractivity contribution in [3.63, 3.8) is 0 Å². The Balaban J connectivity index is 2.27. The summed E-state index contributed by atoms with van der Waals surface area (Å²) in [5.41, 5.74) is 12.5. The molecule has 1 fully saturated rings. The van der Waals surface area contributed by atoms with Gasteiger partial charge in [-0.3, -0.25) is 4.79 Å². The highest BCUT2D eigenvalue weighted by atomic mass is 35.5. The number of methoxy groups -OCH3 is 1. The fourth-order valence-corrected chi connectivity index (χ4v) is 2.12. The number of benzene rings is 1. The number of nitrogens with two attached hydrogens (primary N) is 1. The highest BCUT2D eigenvalue weighted by molar-refractivity contribution is 6.30. The Morgan fingerprint density at radius 2 is 2.00 bits per heavy atom. The molecule has 92 valence electrons. The molecule has 3 unspecified atom stereocenters. The molecule has 1 aromatic carbocycles. The minimum atomic E-state index is -0.490. The molecule has 0 amide bonds. The third-order valence-corrected chi connectivity index (χ3v) is 3.11. The Labute approximate surface area is 104 Å². The van der Waals surface area contributed by atoms with Gasteiger partial charge in [-0.1, -0.05) is 23.7 Å². The molecule has 1 aliphatic heterocycles. The van der Waals surface area contributed by atoms with E-state index in [4.69, 9.17) is 22.1 Å². The number of rotatable bonds is 2. The third-order valence-electron chi connectivity index (χ3n) is 2.86. The van der Waals surface area contributed by atoms with Crippen molar-refractivity contribution in [1.82, 2.24) is 10.9 Å². The first-order valence-electron chi connectivity index (χ1n) is 5.23. The van der Waals surface area contributed by atoms with Crippen LogP contribution in [0.5, 0.6) is 0 Å². The average Bonchev–Trinajstić information content (AvgIpc) is 2.71. The second-order valence-corrected chi connectivity index (χ2v) is 4.33. The predicted molar refractivity (Wildman–Crippen MR) is 64.2 cm³/mol. The molecule has 5 nitrogen and oxygen atoms in total. The minimum Gasteiger partial charge on any atom is -0.468 e. The molecule has 0 aliphatic carbocycles. The summed E-state index contributed by atoms with van der Waals surface area (Å²) >= 11 is 5.83. The van der Waals surface area contributed by atoms with E-state index >= 15 is 0 Å². The van der Waals surface area contributed by atoms with Crippen molar-refractivity contribution < 1.29 is 9.53 Å². The van der Waals surface area contributed by atoms with Gasteiger partial charge >= 0.3 is 5.97 Å².